The predicted molar refractivity (Wildman–Crippen MR) is 71.5 cm³/mol. The number of benzene rings is 2. The van der Waals surface area contributed by atoms with Crippen molar-refractivity contribution in [2.75, 3.05) is 0 Å². The monoisotopic (exact) mass is 251 g/mol. The third-order valence-electron chi connectivity index (χ3n) is 2.87. The molecule has 19 heavy (non-hydrogen) atoms. The van der Waals surface area contributed by atoms with Gasteiger partial charge in [0.2, 0.25) is 0 Å². The van der Waals surface area contributed by atoms with Crippen molar-refractivity contribution < 1.29 is 9.53 Å². The lowest BCUT2D eigenvalue weighted by Gasteiger charge is -2.07. The third kappa shape index (κ3) is 3.20. The number of rotatable bonds is 3. The molecule has 2 rings (SSSR count). The Hall–Kier alpha value is -2.60. The van der Waals surface area contributed by atoms with Crippen LogP contribution in [0.2, 0.25) is 0 Å². The number of hydrogen-bond donors (Lipinski definition) is 0. The van der Waals surface area contributed by atoms with Gasteiger partial charge in [-0.1, -0.05) is 24.3 Å². The molecule has 0 saturated heterocycles. The van der Waals surface area contributed by atoms with Gasteiger partial charge < -0.3 is 4.74 Å². The largest absolute Gasteiger partial charge is 0.457 e. The second kappa shape index (κ2) is 5.83. The van der Waals surface area contributed by atoms with E-state index in [2.05, 4.69) is 0 Å². The lowest BCUT2D eigenvalue weighted by Crippen LogP contribution is -2.05. The molecule has 2 aromatic rings. The number of nitriles is 1. The van der Waals surface area contributed by atoms with Crippen LogP contribution >= 0.6 is 0 Å². The number of nitrogens with zero attached hydrogens (tertiary/aromatic N) is 1. The molecule has 0 aliphatic rings. The quantitative estimate of drug-likeness (QED) is 0.787. The highest BCUT2D eigenvalue weighted by atomic mass is 16.5. The Morgan fingerprint density at radius 1 is 1.16 bits per heavy atom. The Bertz CT molecular complexity index is 624. The first-order chi connectivity index (χ1) is 9.20. The second-order valence-electron chi connectivity index (χ2n) is 4.19. The van der Waals surface area contributed by atoms with E-state index in [1.165, 1.54) is 0 Å². The van der Waals surface area contributed by atoms with E-state index in [9.17, 15) is 4.79 Å². The zero-order valence-electron chi connectivity index (χ0n) is 10.6. The first-order valence-corrected chi connectivity index (χ1v) is 5.92. The van der Waals surface area contributed by atoms with Gasteiger partial charge in [0.1, 0.15) is 6.61 Å². The van der Waals surface area contributed by atoms with Crippen molar-refractivity contribution in [3.05, 3.63) is 70.8 Å². The summed E-state index contributed by atoms with van der Waals surface area (Å²) in [6, 6.07) is 16.2. The minimum atomic E-state index is -0.382. The average molecular weight is 251 g/mol. The van der Waals surface area contributed by atoms with E-state index in [-0.39, 0.29) is 12.6 Å². The van der Waals surface area contributed by atoms with E-state index in [4.69, 9.17) is 10.00 Å². The van der Waals surface area contributed by atoms with Crippen LogP contribution in [0.5, 0.6) is 0 Å². The van der Waals surface area contributed by atoms with Gasteiger partial charge in [0.15, 0.2) is 0 Å². The summed E-state index contributed by atoms with van der Waals surface area (Å²) in [4.78, 5) is 11.8. The average Bonchev–Trinajstić information content (AvgIpc) is 2.46. The van der Waals surface area contributed by atoms with Gasteiger partial charge in [0, 0.05) is 0 Å². The van der Waals surface area contributed by atoms with Crippen LogP contribution in [0.15, 0.2) is 48.5 Å². The van der Waals surface area contributed by atoms with Crippen molar-refractivity contribution in [1.29, 1.82) is 5.26 Å². The minimum Gasteiger partial charge on any atom is -0.457 e. The molecule has 0 unspecified atom stereocenters. The van der Waals surface area contributed by atoms with E-state index in [0.717, 1.165) is 11.1 Å². The fourth-order valence-electron chi connectivity index (χ4n) is 1.68. The summed E-state index contributed by atoms with van der Waals surface area (Å²) in [6.45, 7) is 2.23. The highest BCUT2D eigenvalue weighted by Crippen LogP contribution is 2.11. The lowest BCUT2D eigenvalue weighted by atomic mass is 10.1. The zero-order valence-corrected chi connectivity index (χ0v) is 10.6. The Balaban J connectivity index is 2.02. The number of hydrogen-bond acceptors (Lipinski definition) is 3. The topological polar surface area (TPSA) is 50.1 Å². The van der Waals surface area contributed by atoms with E-state index in [1.807, 2.05) is 37.3 Å². The van der Waals surface area contributed by atoms with Gasteiger partial charge in [-0.05, 0) is 42.3 Å². The SMILES string of the molecule is Cc1ccccc1COC(=O)c1ccc(C#N)cc1. The van der Waals surface area contributed by atoms with E-state index < -0.39 is 0 Å². The molecule has 94 valence electrons. The van der Waals surface area contributed by atoms with Gasteiger partial charge in [-0.15, -0.1) is 0 Å². The first kappa shape index (κ1) is 12.8. The molecule has 3 nitrogen and oxygen atoms in total. The third-order valence-corrected chi connectivity index (χ3v) is 2.87. The molecule has 0 amide bonds. The highest BCUT2D eigenvalue weighted by molar-refractivity contribution is 5.89. The normalized spacial score (nSPS) is 9.68. The first-order valence-electron chi connectivity index (χ1n) is 5.92. The van der Waals surface area contributed by atoms with E-state index in [1.54, 1.807) is 24.3 Å². The number of carbonyl (C=O) groups excluding carboxylic acids is 1. The minimum absolute atomic E-state index is 0.255. The van der Waals surface area contributed by atoms with Crippen molar-refractivity contribution in [2.24, 2.45) is 0 Å². The second-order valence-corrected chi connectivity index (χ2v) is 4.19. The molecule has 3 heteroatoms. The number of esters is 1. The fraction of sp³-hybridized carbons (Fsp3) is 0.125. The van der Waals surface area contributed by atoms with Crippen LogP contribution in [0.3, 0.4) is 0 Å². The summed E-state index contributed by atoms with van der Waals surface area (Å²) in [7, 11) is 0. The molecule has 2 aromatic carbocycles. The molecule has 0 bridgehead atoms. The Morgan fingerprint density at radius 3 is 2.47 bits per heavy atom. The van der Waals surface area contributed by atoms with Gasteiger partial charge in [-0.25, -0.2) is 4.79 Å². The summed E-state index contributed by atoms with van der Waals surface area (Å²) < 4.78 is 5.25. The van der Waals surface area contributed by atoms with Crippen LogP contribution in [-0.2, 0) is 11.3 Å². The molecule has 0 aromatic heterocycles. The maximum atomic E-state index is 11.8. The van der Waals surface area contributed by atoms with Crippen molar-refractivity contribution >= 4 is 5.97 Å². The zero-order chi connectivity index (χ0) is 13.7. The fourth-order valence-corrected chi connectivity index (χ4v) is 1.68. The van der Waals surface area contributed by atoms with Crippen LogP contribution in [0, 0.1) is 18.3 Å². The molecule has 0 spiro atoms. The van der Waals surface area contributed by atoms with Gasteiger partial charge in [-0.2, -0.15) is 5.26 Å². The maximum Gasteiger partial charge on any atom is 0.338 e. The highest BCUT2D eigenvalue weighted by Gasteiger charge is 2.07. The van der Waals surface area contributed by atoms with E-state index in [0.29, 0.717) is 11.1 Å². The smallest absolute Gasteiger partial charge is 0.338 e. The molecular weight excluding hydrogens is 238 g/mol. The standard InChI is InChI=1S/C16H13NO2/c1-12-4-2-3-5-15(12)11-19-16(18)14-8-6-13(10-17)7-9-14/h2-9H,11H2,1H3. The van der Waals surface area contributed by atoms with Crippen LogP contribution < -0.4 is 0 Å². The van der Waals surface area contributed by atoms with Gasteiger partial charge in [0.25, 0.3) is 0 Å². The van der Waals surface area contributed by atoms with Gasteiger partial charge >= 0.3 is 5.97 Å². The Morgan fingerprint density at radius 2 is 1.84 bits per heavy atom. The number of aryl methyl sites for hydroxylation is 1. The van der Waals surface area contributed by atoms with Crippen molar-refractivity contribution in [3.8, 4) is 6.07 Å². The summed E-state index contributed by atoms with van der Waals surface area (Å²) >= 11 is 0. The summed E-state index contributed by atoms with van der Waals surface area (Å²) in [5.74, 6) is -0.382. The number of ether oxygens (including phenoxy) is 1. The van der Waals surface area contributed by atoms with Crippen molar-refractivity contribution in [3.63, 3.8) is 0 Å². The Labute approximate surface area is 112 Å². The molecule has 0 aliphatic heterocycles. The Kier molecular flexibility index (Phi) is 3.94. The molecule has 0 atom stereocenters. The van der Waals surface area contributed by atoms with Crippen molar-refractivity contribution in [2.45, 2.75) is 13.5 Å². The number of carbonyl (C=O) groups is 1. The molecule has 0 radical (unpaired) electrons. The summed E-state index contributed by atoms with van der Waals surface area (Å²) in [5.41, 5.74) is 3.06. The van der Waals surface area contributed by atoms with Gasteiger partial charge in [-0.3, -0.25) is 0 Å². The molecule has 0 saturated carbocycles. The van der Waals surface area contributed by atoms with Crippen LogP contribution in [-0.4, -0.2) is 5.97 Å². The molecule has 0 heterocycles. The summed E-state index contributed by atoms with van der Waals surface area (Å²) in [5, 5.41) is 8.68. The predicted octanol–water partition coefficient (Wildman–Crippen LogP) is 3.22. The van der Waals surface area contributed by atoms with Gasteiger partial charge in [0.05, 0.1) is 17.2 Å². The molecular formula is C16H13NO2. The van der Waals surface area contributed by atoms with Crippen molar-refractivity contribution in [1.82, 2.24) is 0 Å². The molecule has 0 fully saturated rings. The van der Waals surface area contributed by atoms with Crippen LogP contribution in [0.4, 0.5) is 0 Å². The lowest BCUT2D eigenvalue weighted by molar-refractivity contribution is 0.0472. The molecule has 0 aliphatic carbocycles. The van der Waals surface area contributed by atoms with Crippen LogP contribution in [0.1, 0.15) is 27.0 Å². The maximum absolute atomic E-state index is 11.8. The summed E-state index contributed by atoms with van der Waals surface area (Å²) in [6.07, 6.45) is 0. The van der Waals surface area contributed by atoms with Crippen LogP contribution in [0.25, 0.3) is 0 Å². The molecule has 0 N–H and O–H groups in total. The van der Waals surface area contributed by atoms with E-state index >= 15 is 0 Å².